The molecule has 8 heteroatoms. The van der Waals surface area contributed by atoms with E-state index in [-0.39, 0.29) is 6.54 Å². The molecule has 0 radical (unpaired) electrons. The lowest BCUT2D eigenvalue weighted by Crippen LogP contribution is -2.43. The van der Waals surface area contributed by atoms with Crippen molar-refractivity contribution in [1.29, 1.82) is 0 Å². The first kappa shape index (κ1) is 15.2. The molecule has 20 heavy (non-hydrogen) atoms. The van der Waals surface area contributed by atoms with Gasteiger partial charge in [-0.05, 0) is 12.1 Å². The van der Waals surface area contributed by atoms with Gasteiger partial charge >= 0.3 is 0 Å². The van der Waals surface area contributed by atoms with E-state index >= 15 is 0 Å². The quantitative estimate of drug-likeness (QED) is 0.627. The zero-order chi connectivity index (χ0) is 14.9. The Morgan fingerprint density at radius 1 is 1.45 bits per heavy atom. The fraction of sp³-hybridized carbons (Fsp3) is 0.417. The van der Waals surface area contributed by atoms with Crippen LogP contribution < -0.4 is 9.30 Å². The summed E-state index contributed by atoms with van der Waals surface area (Å²) in [5.74, 6) is 0.00845. The van der Waals surface area contributed by atoms with Crippen molar-refractivity contribution in [2.24, 2.45) is 0 Å². The monoisotopic (exact) mass is 318 g/mol. The van der Waals surface area contributed by atoms with Crippen molar-refractivity contribution in [3.05, 3.63) is 23.2 Å². The average molecular weight is 318 g/mol. The third kappa shape index (κ3) is 3.45. The van der Waals surface area contributed by atoms with Crippen LogP contribution in [0.1, 0.15) is 5.01 Å². The number of hydrogen-bond acceptors (Lipinski definition) is 5. The number of benzene rings is 1. The number of nitrogens with zero attached hydrogens (tertiary/aromatic N) is 1. The Balaban J connectivity index is 2.35. The molecular weight excluding hydrogens is 302 g/mol. The molecule has 1 atom stereocenters. The predicted molar refractivity (Wildman–Crippen MR) is 75.7 cm³/mol. The van der Waals surface area contributed by atoms with Crippen LogP contribution >= 0.6 is 11.3 Å². The molecule has 0 spiro atoms. The van der Waals surface area contributed by atoms with Gasteiger partial charge in [0.2, 0.25) is 10.5 Å². The van der Waals surface area contributed by atoms with Crippen LogP contribution in [0, 0.1) is 6.92 Å². The van der Waals surface area contributed by atoms with Crippen LogP contribution in [0.15, 0.2) is 18.2 Å². The Hall–Kier alpha value is -1.22. The maximum absolute atomic E-state index is 10.8. The number of aliphatic hydroxyl groups is 1. The highest BCUT2D eigenvalue weighted by Gasteiger charge is 2.24. The number of hydrogen-bond donors (Lipinski definition) is 2. The van der Waals surface area contributed by atoms with Gasteiger partial charge < -0.3 is 9.84 Å². The van der Waals surface area contributed by atoms with E-state index in [1.54, 1.807) is 18.4 Å². The molecule has 2 N–H and O–H groups in total. The van der Waals surface area contributed by atoms with Crippen LogP contribution in [0.3, 0.4) is 0 Å². The summed E-state index contributed by atoms with van der Waals surface area (Å²) in [5.41, 5.74) is 0.862. The average Bonchev–Trinajstić information content (AvgIpc) is 2.63. The largest absolute Gasteiger partial charge is 0.497 e. The van der Waals surface area contributed by atoms with Gasteiger partial charge in [-0.15, -0.1) is 0 Å². The smallest absolute Gasteiger partial charge is 0.267 e. The Labute approximate surface area is 121 Å². The second-order valence-electron chi connectivity index (χ2n) is 4.47. The first-order valence-electron chi connectivity index (χ1n) is 5.90. The van der Waals surface area contributed by atoms with Crippen molar-refractivity contribution >= 4 is 31.7 Å². The van der Waals surface area contributed by atoms with Gasteiger partial charge in [0, 0.05) is 6.92 Å². The first-order chi connectivity index (χ1) is 9.30. The van der Waals surface area contributed by atoms with Gasteiger partial charge in [0.1, 0.15) is 22.3 Å². The van der Waals surface area contributed by atoms with Crippen LogP contribution in [0.25, 0.3) is 10.2 Å². The highest BCUT2D eigenvalue weighted by molar-refractivity contribution is 7.85. The van der Waals surface area contributed by atoms with Crippen LogP contribution in [0.4, 0.5) is 0 Å². The van der Waals surface area contributed by atoms with Gasteiger partial charge in [-0.2, -0.15) is 13.0 Å². The molecule has 6 nitrogen and oxygen atoms in total. The number of methoxy groups -OCH3 is 1. The summed E-state index contributed by atoms with van der Waals surface area (Å²) in [6.07, 6.45) is -1.17. The lowest BCUT2D eigenvalue weighted by atomic mass is 10.3. The van der Waals surface area contributed by atoms with Gasteiger partial charge in [0.25, 0.3) is 10.1 Å². The maximum atomic E-state index is 10.8. The number of aliphatic hydroxyl groups excluding tert-OH is 1. The molecule has 2 aromatic rings. The maximum Gasteiger partial charge on any atom is 0.267 e. The molecule has 2 rings (SSSR count). The summed E-state index contributed by atoms with van der Waals surface area (Å²) < 4.78 is 38.3. The first-order valence-corrected chi connectivity index (χ1v) is 8.33. The molecule has 0 amide bonds. The molecule has 1 heterocycles. The van der Waals surface area contributed by atoms with Crippen molar-refractivity contribution in [2.45, 2.75) is 19.6 Å². The van der Waals surface area contributed by atoms with Crippen molar-refractivity contribution in [3.8, 4) is 5.75 Å². The third-order valence-electron chi connectivity index (χ3n) is 2.89. The lowest BCUT2D eigenvalue weighted by molar-refractivity contribution is -0.679. The second-order valence-corrected chi connectivity index (χ2v) is 7.20. The van der Waals surface area contributed by atoms with E-state index in [0.29, 0.717) is 5.75 Å². The van der Waals surface area contributed by atoms with E-state index in [9.17, 15) is 13.5 Å². The zero-order valence-electron chi connectivity index (χ0n) is 11.1. The van der Waals surface area contributed by atoms with Crippen molar-refractivity contribution < 1.29 is 27.4 Å². The summed E-state index contributed by atoms with van der Waals surface area (Å²) in [6, 6.07) is 5.59. The molecule has 0 aliphatic rings. The standard InChI is InChI=1S/C12H15NO5S2/c1-8-13(6-9(14)7-20(15,16)17)11-5-10(18-2)3-4-12(11)19-8/h3-5,9,14H,6-7H2,1-2H3/p+1/t9-/m0/s1. The highest BCUT2D eigenvalue weighted by Crippen LogP contribution is 2.24. The predicted octanol–water partition coefficient (Wildman–Crippen LogP) is 0.755. The van der Waals surface area contributed by atoms with Gasteiger partial charge in [0.15, 0.2) is 6.54 Å². The van der Waals surface area contributed by atoms with Gasteiger partial charge in [-0.25, -0.2) is 0 Å². The fourth-order valence-corrected chi connectivity index (χ4v) is 3.64. The Kier molecular flexibility index (Phi) is 4.28. The van der Waals surface area contributed by atoms with Gasteiger partial charge in [0.05, 0.1) is 13.2 Å². The molecule has 1 aromatic heterocycles. The molecule has 0 bridgehead atoms. The van der Waals surface area contributed by atoms with E-state index in [0.717, 1.165) is 15.2 Å². The van der Waals surface area contributed by atoms with Gasteiger partial charge in [-0.3, -0.25) is 4.55 Å². The minimum absolute atomic E-state index is 0.0960. The lowest BCUT2D eigenvalue weighted by Gasteiger charge is -2.05. The summed E-state index contributed by atoms with van der Waals surface area (Å²) in [7, 11) is -2.62. The SMILES string of the molecule is COc1ccc2sc(C)[n+](C[C@H](O)CS(=O)(=O)O)c2c1. The normalized spacial score (nSPS) is 13.6. The fourth-order valence-electron chi connectivity index (χ4n) is 2.04. The highest BCUT2D eigenvalue weighted by atomic mass is 32.2. The van der Waals surface area contributed by atoms with Crippen molar-refractivity contribution in [3.63, 3.8) is 0 Å². The molecule has 0 aliphatic heterocycles. The molecule has 0 unspecified atom stereocenters. The van der Waals surface area contributed by atoms with Crippen molar-refractivity contribution in [2.75, 3.05) is 12.9 Å². The Bertz CT molecular complexity index is 723. The van der Waals surface area contributed by atoms with Crippen LogP contribution in [0.2, 0.25) is 0 Å². The summed E-state index contributed by atoms with van der Waals surface area (Å²) in [5, 5.41) is 10.7. The summed E-state index contributed by atoms with van der Waals surface area (Å²) >= 11 is 1.54. The third-order valence-corrected chi connectivity index (χ3v) is 4.78. The number of fused-ring (bicyclic) bond motifs is 1. The van der Waals surface area contributed by atoms with E-state index in [1.165, 1.54) is 0 Å². The zero-order valence-corrected chi connectivity index (χ0v) is 12.7. The molecule has 110 valence electrons. The second kappa shape index (κ2) is 5.65. The Morgan fingerprint density at radius 3 is 2.75 bits per heavy atom. The van der Waals surface area contributed by atoms with E-state index < -0.39 is 22.0 Å². The molecular formula is C12H16NO5S2+. The molecule has 0 saturated carbocycles. The van der Waals surface area contributed by atoms with E-state index in [4.69, 9.17) is 9.29 Å². The van der Waals surface area contributed by atoms with Crippen molar-refractivity contribution in [1.82, 2.24) is 0 Å². The summed E-state index contributed by atoms with van der Waals surface area (Å²) in [4.78, 5) is 0. The minimum atomic E-state index is -4.19. The van der Waals surface area contributed by atoms with E-state index in [2.05, 4.69) is 0 Å². The summed E-state index contributed by atoms with van der Waals surface area (Å²) in [6.45, 7) is 1.98. The number of rotatable bonds is 5. The Morgan fingerprint density at radius 2 is 2.15 bits per heavy atom. The van der Waals surface area contributed by atoms with Crippen LogP contribution in [0.5, 0.6) is 5.75 Å². The molecule has 0 saturated heterocycles. The van der Waals surface area contributed by atoms with Crippen LogP contribution in [-0.2, 0) is 16.7 Å². The van der Waals surface area contributed by atoms with E-state index in [1.807, 2.05) is 29.7 Å². The molecule has 0 aliphatic carbocycles. The topological polar surface area (TPSA) is 87.7 Å². The molecule has 0 fully saturated rings. The van der Waals surface area contributed by atoms with Gasteiger partial charge in [-0.1, -0.05) is 11.3 Å². The number of aromatic nitrogens is 1. The minimum Gasteiger partial charge on any atom is -0.497 e. The number of thiazole rings is 1. The number of aryl methyl sites for hydroxylation is 1. The van der Waals surface area contributed by atoms with Crippen LogP contribution in [-0.4, -0.2) is 37.0 Å². The molecule has 1 aromatic carbocycles. The number of ether oxygens (including phenoxy) is 1.